The van der Waals surface area contributed by atoms with Crippen LogP contribution in [0.2, 0.25) is 0 Å². The average Bonchev–Trinajstić information content (AvgIpc) is 2.99. The van der Waals surface area contributed by atoms with Crippen molar-refractivity contribution in [2.24, 2.45) is 4.99 Å². The molecular formula is C18H27FIN3. The summed E-state index contributed by atoms with van der Waals surface area (Å²) in [5.41, 5.74) is 1.38. The highest BCUT2D eigenvalue weighted by Gasteiger charge is 2.38. The van der Waals surface area contributed by atoms with E-state index >= 15 is 0 Å². The number of halogens is 2. The molecule has 0 amide bonds. The Morgan fingerprint density at radius 3 is 2.35 bits per heavy atom. The molecule has 1 aromatic rings. The Morgan fingerprint density at radius 2 is 1.83 bits per heavy atom. The predicted octanol–water partition coefficient (Wildman–Crippen LogP) is 3.97. The summed E-state index contributed by atoms with van der Waals surface area (Å²) < 4.78 is 13.1. The molecule has 3 nitrogen and oxygen atoms in total. The summed E-state index contributed by atoms with van der Waals surface area (Å²) in [6, 6.07) is 7.57. The van der Waals surface area contributed by atoms with E-state index in [0.29, 0.717) is 6.04 Å². The Kier molecular flexibility index (Phi) is 6.68. The Morgan fingerprint density at radius 1 is 1.17 bits per heavy atom. The van der Waals surface area contributed by atoms with Crippen molar-refractivity contribution in [3.05, 3.63) is 35.6 Å². The topological polar surface area (TPSA) is 36.4 Å². The second-order valence-corrected chi connectivity index (χ2v) is 6.69. The van der Waals surface area contributed by atoms with Crippen LogP contribution in [-0.2, 0) is 5.41 Å². The molecule has 0 heterocycles. The lowest BCUT2D eigenvalue weighted by Crippen LogP contribution is -2.50. The second kappa shape index (κ2) is 8.31. The molecule has 0 saturated heterocycles. The van der Waals surface area contributed by atoms with E-state index < -0.39 is 0 Å². The summed E-state index contributed by atoms with van der Waals surface area (Å²) in [7, 11) is 1.83. The molecule has 2 aliphatic rings. The lowest BCUT2D eigenvalue weighted by atomic mass is 9.64. The van der Waals surface area contributed by atoms with Crippen LogP contribution in [0.25, 0.3) is 0 Å². The lowest BCUT2D eigenvalue weighted by Gasteiger charge is -2.43. The fourth-order valence-corrected chi connectivity index (χ4v) is 3.69. The van der Waals surface area contributed by atoms with Crippen molar-refractivity contribution in [2.75, 3.05) is 13.6 Å². The maximum Gasteiger partial charge on any atom is 0.191 e. The molecule has 23 heavy (non-hydrogen) atoms. The van der Waals surface area contributed by atoms with Crippen LogP contribution in [0, 0.1) is 5.82 Å². The highest BCUT2D eigenvalue weighted by Crippen LogP contribution is 2.43. The smallest absolute Gasteiger partial charge is 0.191 e. The number of nitrogens with zero attached hydrogens (tertiary/aromatic N) is 1. The van der Waals surface area contributed by atoms with Gasteiger partial charge in [-0.2, -0.15) is 0 Å². The van der Waals surface area contributed by atoms with Gasteiger partial charge in [0, 0.05) is 25.0 Å². The number of hydrogen-bond donors (Lipinski definition) is 2. The standard InChI is InChI=1S/C18H26FN3.HI/c1-20-17(22-16-5-2-3-6-16)21-13-18(11-4-12-18)14-7-9-15(19)10-8-14;/h7-10,16H,2-6,11-13H2,1H3,(H2,20,21,22);1H. The Labute approximate surface area is 155 Å². The summed E-state index contributed by atoms with van der Waals surface area (Å²) in [5.74, 6) is 0.741. The van der Waals surface area contributed by atoms with Crippen molar-refractivity contribution < 1.29 is 4.39 Å². The first-order chi connectivity index (χ1) is 10.7. The van der Waals surface area contributed by atoms with Gasteiger partial charge in [0.1, 0.15) is 5.82 Å². The first kappa shape index (κ1) is 18.5. The second-order valence-electron chi connectivity index (χ2n) is 6.69. The SMILES string of the molecule is CN=C(NCC1(c2ccc(F)cc2)CCC1)NC1CCCC1.I. The van der Waals surface area contributed by atoms with Gasteiger partial charge in [-0.3, -0.25) is 4.99 Å². The third-order valence-corrected chi connectivity index (χ3v) is 5.28. The third-order valence-electron chi connectivity index (χ3n) is 5.28. The van der Waals surface area contributed by atoms with Crippen molar-refractivity contribution in [2.45, 2.75) is 56.4 Å². The summed E-state index contributed by atoms with van der Waals surface area (Å²) in [6.07, 6.45) is 8.67. The molecule has 0 atom stereocenters. The van der Waals surface area contributed by atoms with Gasteiger partial charge in [0.15, 0.2) is 5.96 Å². The van der Waals surface area contributed by atoms with Crippen LogP contribution >= 0.6 is 24.0 Å². The molecule has 2 N–H and O–H groups in total. The van der Waals surface area contributed by atoms with Gasteiger partial charge in [-0.15, -0.1) is 24.0 Å². The Balaban J connectivity index is 0.00000192. The van der Waals surface area contributed by atoms with Crippen molar-refractivity contribution in [1.82, 2.24) is 10.6 Å². The number of benzene rings is 1. The summed E-state index contributed by atoms with van der Waals surface area (Å²) in [6.45, 7) is 0.866. The normalized spacial score (nSPS) is 20.5. The largest absolute Gasteiger partial charge is 0.356 e. The molecule has 0 aromatic heterocycles. The monoisotopic (exact) mass is 431 g/mol. The summed E-state index contributed by atoms with van der Waals surface area (Å²) in [5, 5.41) is 7.02. The van der Waals surface area contributed by atoms with E-state index in [1.54, 1.807) is 12.1 Å². The van der Waals surface area contributed by atoms with E-state index in [2.05, 4.69) is 15.6 Å². The number of hydrogen-bond acceptors (Lipinski definition) is 1. The molecule has 0 aliphatic heterocycles. The molecule has 1 aromatic carbocycles. The highest BCUT2D eigenvalue weighted by molar-refractivity contribution is 14.0. The van der Waals surface area contributed by atoms with Gasteiger partial charge in [0.2, 0.25) is 0 Å². The van der Waals surface area contributed by atoms with Crippen molar-refractivity contribution in [1.29, 1.82) is 0 Å². The van der Waals surface area contributed by atoms with E-state index in [-0.39, 0.29) is 35.2 Å². The molecule has 0 bridgehead atoms. The van der Waals surface area contributed by atoms with E-state index in [1.807, 2.05) is 19.2 Å². The number of aliphatic imine (C=N–C) groups is 1. The van der Waals surface area contributed by atoms with Crippen LogP contribution in [0.4, 0.5) is 4.39 Å². The minimum Gasteiger partial charge on any atom is -0.356 e. The van der Waals surface area contributed by atoms with Gasteiger partial charge >= 0.3 is 0 Å². The third kappa shape index (κ3) is 4.37. The van der Waals surface area contributed by atoms with E-state index in [4.69, 9.17) is 0 Å². The maximum absolute atomic E-state index is 13.1. The minimum atomic E-state index is -0.162. The molecule has 2 saturated carbocycles. The molecule has 0 spiro atoms. The number of nitrogens with one attached hydrogen (secondary N) is 2. The zero-order valence-corrected chi connectivity index (χ0v) is 16.1. The average molecular weight is 431 g/mol. The van der Waals surface area contributed by atoms with Crippen molar-refractivity contribution in [3.8, 4) is 0 Å². The van der Waals surface area contributed by atoms with Gasteiger partial charge in [-0.1, -0.05) is 31.4 Å². The van der Waals surface area contributed by atoms with Gasteiger partial charge in [0.25, 0.3) is 0 Å². The summed E-state index contributed by atoms with van der Waals surface area (Å²) >= 11 is 0. The van der Waals surface area contributed by atoms with Crippen LogP contribution < -0.4 is 10.6 Å². The van der Waals surface area contributed by atoms with E-state index in [0.717, 1.165) is 25.3 Å². The van der Waals surface area contributed by atoms with Gasteiger partial charge in [-0.05, 0) is 43.4 Å². The van der Waals surface area contributed by atoms with Crippen LogP contribution in [0.3, 0.4) is 0 Å². The fourth-order valence-electron chi connectivity index (χ4n) is 3.69. The maximum atomic E-state index is 13.1. The summed E-state index contributed by atoms with van der Waals surface area (Å²) in [4.78, 5) is 4.36. The van der Waals surface area contributed by atoms with Crippen molar-refractivity contribution >= 4 is 29.9 Å². The Bertz CT molecular complexity index is 520. The molecule has 2 fully saturated rings. The first-order valence-electron chi connectivity index (χ1n) is 8.45. The zero-order chi connectivity index (χ0) is 15.4. The lowest BCUT2D eigenvalue weighted by molar-refractivity contribution is 0.243. The minimum absolute atomic E-state index is 0. The first-order valence-corrected chi connectivity index (χ1v) is 8.45. The van der Waals surface area contributed by atoms with Gasteiger partial charge in [-0.25, -0.2) is 4.39 Å². The Hall–Kier alpha value is -0.850. The molecule has 0 unspecified atom stereocenters. The molecule has 2 aliphatic carbocycles. The van der Waals surface area contributed by atoms with Crippen LogP contribution in [0.1, 0.15) is 50.5 Å². The van der Waals surface area contributed by atoms with Gasteiger partial charge < -0.3 is 10.6 Å². The van der Waals surface area contributed by atoms with Gasteiger partial charge in [0.05, 0.1) is 0 Å². The predicted molar refractivity (Wildman–Crippen MR) is 104 cm³/mol. The molecule has 3 rings (SSSR count). The van der Waals surface area contributed by atoms with Crippen LogP contribution in [0.5, 0.6) is 0 Å². The molecular weight excluding hydrogens is 404 g/mol. The molecule has 128 valence electrons. The van der Waals surface area contributed by atoms with E-state index in [1.165, 1.54) is 37.7 Å². The molecule has 0 radical (unpaired) electrons. The van der Waals surface area contributed by atoms with Crippen LogP contribution in [0.15, 0.2) is 29.3 Å². The zero-order valence-electron chi connectivity index (χ0n) is 13.8. The quantitative estimate of drug-likeness (QED) is 0.430. The van der Waals surface area contributed by atoms with E-state index in [9.17, 15) is 4.39 Å². The van der Waals surface area contributed by atoms with Crippen molar-refractivity contribution in [3.63, 3.8) is 0 Å². The van der Waals surface area contributed by atoms with Crippen LogP contribution in [-0.4, -0.2) is 25.6 Å². The fraction of sp³-hybridized carbons (Fsp3) is 0.611. The number of guanidine groups is 1. The number of rotatable bonds is 4. The molecule has 5 heteroatoms. The highest BCUT2D eigenvalue weighted by atomic mass is 127.